The number of allylic oxidation sites excluding steroid dienone is 1. The molecule has 0 unspecified atom stereocenters. The van der Waals surface area contributed by atoms with Gasteiger partial charge in [0.2, 0.25) is 5.95 Å². The maximum absolute atomic E-state index is 4.96. The van der Waals surface area contributed by atoms with Gasteiger partial charge in [0.05, 0.1) is 11.4 Å². The Morgan fingerprint density at radius 2 is 1.93 bits per heavy atom. The lowest BCUT2D eigenvalue weighted by Crippen LogP contribution is -2.19. The molecule has 5 rings (SSSR count). The van der Waals surface area contributed by atoms with Gasteiger partial charge in [0.25, 0.3) is 0 Å². The van der Waals surface area contributed by atoms with Gasteiger partial charge in [-0.25, -0.2) is 19.9 Å². The number of anilines is 1. The van der Waals surface area contributed by atoms with Crippen molar-refractivity contribution in [3.8, 4) is 0 Å². The van der Waals surface area contributed by atoms with Crippen molar-refractivity contribution in [3.05, 3.63) is 47.2 Å². The number of nitrogens with zero attached hydrogens (tertiary/aromatic N) is 5. The maximum Gasteiger partial charge on any atom is 0.223 e. The molecule has 0 bridgehead atoms. The van der Waals surface area contributed by atoms with E-state index in [1.165, 1.54) is 12.8 Å². The van der Waals surface area contributed by atoms with E-state index in [1.807, 2.05) is 13.1 Å². The van der Waals surface area contributed by atoms with Crippen LogP contribution in [0.15, 0.2) is 24.4 Å². The Balaban J connectivity index is 1.48. The highest BCUT2D eigenvalue weighted by molar-refractivity contribution is 5.85. The lowest BCUT2D eigenvalue weighted by atomic mass is 10.1. The molecular formula is C22H26N6. The van der Waals surface area contributed by atoms with Gasteiger partial charge in [-0.2, -0.15) is 0 Å². The van der Waals surface area contributed by atoms with E-state index < -0.39 is 0 Å². The van der Waals surface area contributed by atoms with E-state index >= 15 is 0 Å². The Labute approximate surface area is 165 Å². The average molecular weight is 374 g/mol. The van der Waals surface area contributed by atoms with Crippen molar-refractivity contribution in [3.63, 3.8) is 0 Å². The molecule has 144 valence electrons. The molecule has 28 heavy (non-hydrogen) atoms. The van der Waals surface area contributed by atoms with Gasteiger partial charge in [0.15, 0.2) is 5.65 Å². The molecule has 6 heteroatoms. The molecule has 0 aliphatic heterocycles. The van der Waals surface area contributed by atoms with Crippen LogP contribution in [0, 0.1) is 12.8 Å². The zero-order valence-corrected chi connectivity index (χ0v) is 16.9. The first-order valence-electron chi connectivity index (χ1n) is 10.2. The lowest BCUT2D eigenvalue weighted by molar-refractivity contribution is 0.595. The molecule has 6 nitrogen and oxygen atoms in total. The third-order valence-corrected chi connectivity index (χ3v) is 5.85. The highest BCUT2D eigenvalue weighted by atomic mass is 15.1. The van der Waals surface area contributed by atoms with E-state index in [-0.39, 0.29) is 0 Å². The van der Waals surface area contributed by atoms with Crippen LogP contribution in [-0.4, -0.2) is 30.5 Å². The van der Waals surface area contributed by atoms with E-state index in [0.717, 1.165) is 57.8 Å². The van der Waals surface area contributed by atoms with Gasteiger partial charge in [0.1, 0.15) is 11.3 Å². The van der Waals surface area contributed by atoms with Crippen molar-refractivity contribution in [1.82, 2.24) is 24.5 Å². The number of hydrogen-bond donors (Lipinski definition) is 1. The summed E-state index contributed by atoms with van der Waals surface area (Å²) in [6.07, 6.45) is 7.60. The largest absolute Gasteiger partial charge is 0.351 e. The van der Waals surface area contributed by atoms with Crippen molar-refractivity contribution in [1.29, 1.82) is 0 Å². The van der Waals surface area contributed by atoms with Crippen LogP contribution in [0.25, 0.3) is 16.7 Å². The number of nitrogens with one attached hydrogen (secondary N) is 1. The molecule has 1 saturated carbocycles. The molecule has 1 fully saturated rings. The molecule has 3 aromatic heterocycles. The van der Waals surface area contributed by atoms with Crippen LogP contribution in [0.3, 0.4) is 0 Å². The number of hydrogen-bond acceptors (Lipinski definition) is 5. The molecular weight excluding hydrogens is 348 g/mol. The Bertz CT molecular complexity index is 1090. The Hall–Kier alpha value is -2.76. The Morgan fingerprint density at radius 1 is 1.11 bits per heavy atom. The molecule has 1 atom stereocenters. The zero-order chi connectivity index (χ0) is 19.4. The van der Waals surface area contributed by atoms with Crippen LogP contribution in [0.4, 0.5) is 5.95 Å². The Morgan fingerprint density at radius 3 is 2.68 bits per heavy atom. The highest BCUT2D eigenvalue weighted by Crippen LogP contribution is 2.35. The molecule has 2 aliphatic rings. The van der Waals surface area contributed by atoms with Crippen molar-refractivity contribution < 1.29 is 0 Å². The SMILES string of the molecule is Cc1nc2ccc(C3=CCc4nc(N[C@H](C)C5CC5)ncc43)nc2n1C(C)C. The third kappa shape index (κ3) is 2.87. The van der Waals surface area contributed by atoms with E-state index in [2.05, 4.69) is 58.8 Å². The van der Waals surface area contributed by atoms with Gasteiger partial charge in [0, 0.05) is 35.8 Å². The lowest BCUT2D eigenvalue weighted by Gasteiger charge is -2.14. The van der Waals surface area contributed by atoms with E-state index in [4.69, 9.17) is 9.97 Å². The normalized spacial score (nSPS) is 17.1. The molecule has 2 aliphatic carbocycles. The molecule has 3 heterocycles. The van der Waals surface area contributed by atoms with Gasteiger partial charge in [-0.3, -0.25) is 0 Å². The summed E-state index contributed by atoms with van der Waals surface area (Å²) in [6.45, 7) is 8.59. The summed E-state index contributed by atoms with van der Waals surface area (Å²) in [5, 5.41) is 3.46. The molecule has 1 N–H and O–H groups in total. The number of aryl methyl sites for hydroxylation is 1. The first-order chi connectivity index (χ1) is 13.5. The molecule has 0 aromatic carbocycles. The third-order valence-electron chi connectivity index (χ3n) is 5.85. The minimum Gasteiger partial charge on any atom is -0.351 e. The fourth-order valence-electron chi connectivity index (χ4n) is 4.19. The van der Waals surface area contributed by atoms with Crippen LogP contribution in [0.1, 0.15) is 62.4 Å². The number of imidazole rings is 1. The molecule has 0 saturated heterocycles. The summed E-state index contributed by atoms with van der Waals surface area (Å²) in [5.74, 6) is 2.51. The number of pyridine rings is 1. The molecule has 3 aromatic rings. The fraction of sp³-hybridized carbons (Fsp3) is 0.455. The van der Waals surface area contributed by atoms with Crippen LogP contribution < -0.4 is 5.32 Å². The first-order valence-corrected chi connectivity index (χ1v) is 10.2. The Kier molecular flexibility index (Phi) is 3.96. The summed E-state index contributed by atoms with van der Waals surface area (Å²) < 4.78 is 2.19. The van der Waals surface area contributed by atoms with Crippen LogP contribution >= 0.6 is 0 Å². The maximum atomic E-state index is 4.96. The van der Waals surface area contributed by atoms with E-state index in [1.54, 1.807) is 0 Å². The molecule has 0 spiro atoms. The summed E-state index contributed by atoms with van der Waals surface area (Å²) >= 11 is 0. The highest BCUT2D eigenvalue weighted by Gasteiger charge is 2.28. The first kappa shape index (κ1) is 17.3. The van der Waals surface area contributed by atoms with Gasteiger partial charge in [-0.1, -0.05) is 6.08 Å². The molecule has 0 amide bonds. The zero-order valence-electron chi connectivity index (χ0n) is 16.9. The fourth-order valence-corrected chi connectivity index (χ4v) is 4.19. The summed E-state index contributed by atoms with van der Waals surface area (Å²) in [7, 11) is 0. The van der Waals surface area contributed by atoms with Crippen molar-refractivity contribution in [2.24, 2.45) is 5.92 Å². The quantitative estimate of drug-likeness (QED) is 0.721. The van der Waals surface area contributed by atoms with Crippen molar-refractivity contribution in [2.75, 3.05) is 5.32 Å². The summed E-state index contributed by atoms with van der Waals surface area (Å²) in [4.78, 5) is 19.0. The number of aromatic nitrogens is 5. The monoisotopic (exact) mass is 374 g/mol. The van der Waals surface area contributed by atoms with Gasteiger partial charge < -0.3 is 9.88 Å². The predicted molar refractivity (Wildman–Crippen MR) is 111 cm³/mol. The minimum atomic E-state index is 0.322. The smallest absolute Gasteiger partial charge is 0.223 e. The van der Waals surface area contributed by atoms with Gasteiger partial charge in [-0.15, -0.1) is 0 Å². The van der Waals surface area contributed by atoms with Gasteiger partial charge >= 0.3 is 0 Å². The average Bonchev–Trinajstić information content (AvgIpc) is 3.35. The van der Waals surface area contributed by atoms with E-state index in [0.29, 0.717) is 12.1 Å². The summed E-state index contributed by atoms with van der Waals surface area (Å²) in [6, 6.07) is 4.89. The molecule has 0 radical (unpaired) electrons. The van der Waals surface area contributed by atoms with Crippen molar-refractivity contribution >= 4 is 22.7 Å². The number of rotatable bonds is 5. The van der Waals surface area contributed by atoms with Crippen LogP contribution in [0.2, 0.25) is 0 Å². The predicted octanol–water partition coefficient (Wildman–Crippen LogP) is 4.31. The van der Waals surface area contributed by atoms with Crippen LogP contribution in [0.5, 0.6) is 0 Å². The second-order valence-electron chi connectivity index (χ2n) is 8.31. The van der Waals surface area contributed by atoms with Crippen molar-refractivity contribution in [2.45, 2.75) is 59.0 Å². The number of fused-ring (bicyclic) bond motifs is 2. The second-order valence-corrected chi connectivity index (χ2v) is 8.31. The minimum absolute atomic E-state index is 0.322. The standard InChI is InChI=1S/C22H26N6/c1-12(2)28-14(4)25-20-10-9-18(26-21(20)28)16-7-8-19-17(16)11-23-22(27-19)24-13(3)15-5-6-15/h7,9-13,15H,5-6,8H2,1-4H3,(H,23,24,27)/t13-/m1/s1. The van der Waals surface area contributed by atoms with Gasteiger partial charge in [-0.05, 0) is 58.6 Å². The van der Waals surface area contributed by atoms with E-state index in [9.17, 15) is 0 Å². The summed E-state index contributed by atoms with van der Waals surface area (Å²) in [5.41, 5.74) is 6.13. The topological polar surface area (TPSA) is 68.5 Å². The second kappa shape index (κ2) is 6.40. The van der Waals surface area contributed by atoms with Crippen LogP contribution in [-0.2, 0) is 6.42 Å².